The van der Waals surface area contributed by atoms with Crippen LogP contribution in [0.1, 0.15) is 0 Å². The van der Waals surface area contributed by atoms with Gasteiger partial charge in [-0.1, -0.05) is 30.0 Å². The summed E-state index contributed by atoms with van der Waals surface area (Å²) in [5, 5.41) is 0. The molecule has 2 aromatic rings. The van der Waals surface area contributed by atoms with Crippen molar-refractivity contribution in [3.05, 3.63) is 35.6 Å². The summed E-state index contributed by atoms with van der Waals surface area (Å²) in [5.74, 6) is 0. The van der Waals surface area contributed by atoms with Crippen LogP contribution in [-0.2, 0) is 0 Å². The minimum atomic E-state index is 0.983. The van der Waals surface area contributed by atoms with E-state index in [0.29, 0.717) is 0 Å². The van der Waals surface area contributed by atoms with Crippen LogP contribution in [0.5, 0.6) is 0 Å². The van der Waals surface area contributed by atoms with E-state index in [1.165, 1.54) is 10.2 Å². The summed E-state index contributed by atoms with van der Waals surface area (Å²) in [6.07, 6.45) is 1.79. The van der Waals surface area contributed by atoms with Crippen molar-refractivity contribution in [2.75, 3.05) is 7.05 Å². The highest BCUT2D eigenvalue weighted by atomic mass is 32.1. The molecule has 0 aliphatic heterocycles. The van der Waals surface area contributed by atoms with Crippen molar-refractivity contribution in [1.82, 2.24) is 4.57 Å². The molecule has 13 heavy (non-hydrogen) atoms. The SMILES string of the molecule is C=Cn1c(=NC)sc2ccccc21. The molecule has 2 nitrogen and oxygen atoms in total. The third-order valence-corrected chi connectivity index (χ3v) is 3.03. The number of rotatable bonds is 1. The van der Waals surface area contributed by atoms with Gasteiger partial charge in [-0.15, -0.1) is 0 Å². The van der Waals surface area contributed by atoms with Gasteiger partial charge in [-0.25, -0.2) is 0 Å². The van der Waals surface area contributed by atoms with Crippen molar-refractivity contribution in [3.63, 3.8) is 0 Å². The van der Waals surface area contributed by atoms with Gasteiger partial charge in [-0.05, 0) is 12.1 Å². The summed E-state index contributed by atoms with van der Waals surface area (Å²) >= 11 is 1.67. The Bertz CT molecular complexity index is 505. The number of aromatic nitrogens is 1. The molecule has 0 amide bonds. The largest absolute Gasteiger partial charge is 0.293 e. The second-order valence-corrected chi connectivity index (χ2v) is 3.64. The monoisotopic (exact) mass is 190 g/mol. The number of fused-ring (bicyclic) bond motifs is 1. The number of nitrogens with zero attached hydrogens (tertiary/aromatic N) is 2. The van der Waals surface area contributed by atoms with Gasteiger partial charge < -0.3 is 0 Å². The zero-order valence-corrected chi connectivity index (χ0v) is 8.21. The third-order valence-electron chi connectivity index (χ3n) is 1.91. The van der Waals surface area contributed by atoms with Crippen LogP contribution >= 0.6 is 11.3 Å². The van der Waals surface area contributed by atoms with Crippen LogP contribution in [-0.4, -0.2) is 11.6 Å². The number of thiazole rings is 1. The Morgan fingerprint density at radius 2 is 2.23 bits per heavy atom. The zero-order chi connectivity index (χ0) is 9.26. The molecule has 0 N–H and O–H groups in total. The molecule has 1 aromatic heterocycles. The molecular weight excluding hydrogens is 180 g/mol. The smallest absolute Gasteiger partial charge is 0.189 e. The van der Waals surface area contributed by atoms with Gasteiger partial charge in [0.25, 0.3) is 0 Å². The summed E-state index contributed by atoms with van der Waals surface area (Å²) in [6.45, 7) is 3.77. The van der Waals surface area contributed by atoms with Gasteiger partial charge in [-0.2, -0.15) is 0 Å². The van der Waals surface area contributed by atoms with Crippen LogP contribution in [0.15, 0.2) is 35.8 Å². The number of hydrogen-bond acceptors (Lipinski definition) is 2. The summed E-state index contributed by atoms with van der Waals surface area (Å²) < 4.78 is 3.24. The topological polar surface area (TPSA) is 17.3 Å². The Balaban J connectivity index is 2.98. The molecular formula is C10H10N2S. The Labute approximate surface area is 80.5 Å². The standard InChI is InChI=1S/C10H10N2S/c1-3-12-8-6-4-5-7-9(8)13-10(12)11-2/h3-7H,1H2,2H3. The molecule has 0 fully saturated rings. The van der Waals surface area contributed by atoms with Gasteiger partial charge in [0.2, 0.25) is 0 Å². The molecule has 0 atom stereocenters. The first-order valence-corrected chi connectivity index (χ1v) is 4.84. The first kappa shape index (κ1) is 8.26. The van der Waals surface area contributed by atoms with E-state index in [2.05, 4.69) is 23.7 Å². The molecule has 0 aliphatic carbocycles. The van der Waals surface area contributed by atoms with Crippen LogP contribution in [0.3, 0.4) is 0 Å². The Morgan fingerprint density at radius 3 is 2.92 bits per heavy atom. The second-order valence-electron chi connectivity index (χ2n) is 2.63. The van der Waals surface area contributed by atoms with Gasteiger partial charge in [0, 0.05) is 13.2 Å². The Morgan fingerprint density at radius 1 is 1.46 bits per heavy atom. The molecule has 0 bridgehead atoms. The molecule has 1 heterocycles. The van der Waals surface area contributed by atoms with E-state index < -0.39 is 0 Å². The molecule has 2 rings (SSSR count). The lowest BCUT2D eigenvalue weighted by Gasteiger charge is -1.93. The Hall–Kier alpha value is -1.35. The molecule has 0 radical (unpaired) electrons. The van der Waals surface area contributed by atoms with Crippen molar-refractivity contribution < 1.29 is 0 Å². The van der Waals surface area contributed by atoms with E-state index in [-0.39, 0.29) is 0 Å². The molecule has 0 spiro atoms. The van der Waals surface area contributed by atoms with Crippen LogP contribution in [0.4, 0.5) is 0 Å². The molecule has 1 aromatic carbocycles. The van der Waals surface area contributed by atoms with Crippen LogP contribution in [0, 0.1) is 0 Å². The van der Waals surface area contributed by atoms with Gasteiger partial charge in [0.05, 0.1) is 10.2 Å². The van der Waals surface area contributed by atoms with Gasteiger partial charge in [-0.3, -0.25) is 9.56 Å². The number of hydrogen-bond donors (Lipinski definition) is 0. The highest BCUT2D eigenvalue weighted by Gasteiger charge is 2.00. The molecule has 66 valence electrons. The van der Waals surface area contributed by atoms with E-state index >= 15 is 0 Å². The average Bonchev–Trinajstić information content (AvgIpc) is 2.55. The van der Waals surface area contributed by atoms with E-state index in [0.717, 1.165) is 4.80 Å². The summed E-state index contributed by atoms with van der Waals surface area (Å²) in [7, 11) is 1.80. The predicted molar refractivity (Wildman–Crippen MR) is 57.7 cm³/mol. The minimum Gasteiger partial charge on any atom is -0.293 e. The third kappa shape index (κ3) is 1.21. The van der Waals surface area contributed by atoms with Crippen molar-refractivity contribution >= 4 is 27.8 Å². The van der Waals surface area contributed by atoms with Crippen molar-refractivity contribution in [2.45, 2.75) is 0 Å². The number of para-hydroxylation sites is 1. The summed E-state index contributed by atoms with van der Waals surface area (Å²) in [6, 6.07) is 8.22. The lowest BCUT2D eigenvalue weighted by molar-refractivity contribution is 1.09. The maximum atomic E-state index is 4.19. The van der Waals surface area contributed by atoms with Crippen molar-refractivity contribution in [2.24, 2.45) is 4.99 Å². The normalized spacial score (nSPS) is 12.2. The van der Waals surface area contributed by atoms with E-state index in [1.807, 2.05) is 16.7 Å². The van der Waals surface area contributed by atoms with Crippen molar-refractivity contribution in [1.29, 1.82) is 0 Å². The molecule has 3 heteroatoms. The van der Waals surface area contributed by atoms with Crippen LogP contribution < -0.4 is 4.80 Å². The quantitative estimate of drug-likeness (QED) is 0.656. The van der Waals surface area contributed by atoms with Crippen LogP contribution in [0.2, 0.25) is 0 Å². The molecule has 0 unspecified atom stereocenters. The lowest BCUT2D eigenvalue weighted by atomic mass is 10.3. The van der Waals surface area contributed by atoms with E-state index in [9.17, 15) is 0 Å². The zero-order valence-electron chi connectivity index (χ0n) is 7.40. The predicted octanol–water partition coefficient (Wildman–Crippen LogP) is 2.33. The van der Waals surface area contributed by atoms with Crippen LogP contribution in [0.25, 0.3) is 16.4 Å². The van der Waals surface area contributed by atoms with Crippen molar-refractivity contribution in [3.8, 4) is 0 Å². The fraction of sp³-hybridized carbons (Fsp3) is 0.100. The van der Waals surface area contributed by atoms with Gasteiger partial charge in [0.15, 0.2) is 4.80 Å². The second kappa shape index (κ2) is 3.18. The average molecular weight is 190 g/mol. The minimum absolute atomic E-state index is 0.983. The summed E-state index contributed by atoms with van der Waals surface area (Å²) in [5.41, 5.74) is 1.17. The number of benzene rings is 1. The highest BCUT2D eigenvalue weighted by Crippen LogP contribution is 2.16. The first-order valence-electron chi connectivity index (χ1n) is 4.02. The molecule has 0 saturated carbocycles. The molecule has 0 saturated heterocycles. The maximum absolute atomic E-state index is 4.19. The van der Waals surface area contributed by atoms with E-state index in [1.54, 1.807) is 24.6 Å². The maximum Gasteiger partial charge on any atom is 0.189 e. The lowest BCUT2D eigenvalue weighted by Crippen LogP contribution is -2.07. The molecule has 0 aliphatic rings. The van der Waals surface area contributed by atoms with E-state index in [4.69, 9.17) is 0 Å². The van der Waals surface area contributed by atoms with Gasteiger partial charge in [0.1, 0.15) is 0 Å². The summed E-state index contributed by atoms with van der Waals surface area (Å²) in [4.78, 5) is 5.17. The Kier molecular flexibility index (Phi) is 2.02. The fourth-order valence-electron chi connectivity index (χ4n) is 1.32. The highest BCUT2D eigenvalue weighted by molar-refractivity contribution is 7.16. The first-order chi connectivity index (χ1) is 6.36. The fourth-order valence-corrected chi connectivity index (χ4v) is 2.30. The van der Waals surface area contributed by atoms with Gasteiger partial charge >= 0.3 is 0 Å².